The largest absolute Gasteiger partial charge is 0.501 e. The molecular weight excluding hydrogens is 657 g/mol. The van der Waals surface area contributed by atoms with Crippen molar-refractivity contribution < 1.29 is 39.2 Å². The van der Waals surface area contributed by atoms with Crippen LogP contribution in [0.15, 0.2) is 48.5 Å². The molecule has 1 aliphatic heterocycles. The second kappa shape index (κ2) is 18.4. The monoisotopic (exact) mass is 712 g/mol. The molecule has 2 unspecified atom stereocenters. The first kappa shape index (κ1) is 38.3. The summed E-state index contributed by atoms with van der Waals surface area (Å²) in [6, 6.07) is 18.4. The molecule has 1 fully saturated rings. The molecule has 3 rings (SSSR count). The Kier molecular flexibility index (Phi) is 15.7. The van der Waals surface area contributed by atoms with E-state index in [1.165, 1.54) is 11.1 Å². The van der Waals surface area contributed by atoms with Crippen molar-refractivity contribution in [2.24, 2.45) is 0 Å². The molecule has 0 aliphatic carbocycles. The molecule has 0 aromatic heterocycles. The molecule has 9 nitrogen and oxygen atoms in total. The van der Waals surface area contributed by atoms with Crippen LogP contribution in [0.4, 0.5) is 0 Å². The van der Waals surface area contributed by atoms with E-state index in [-0.39, 0.29) is 5.41 Å². The van der Waals surface area contributed by atoms with Gasteiger partial charge in [-0.1, -0.05) is 38.1 Å². The molecule has 254 valence electrons. The van der Waals surface area contributed by atoms with E-state index in [1.807, 2.05) is 32.9 Å². The molecule has 1 saturated heterocycles. The lowest BCUT2D eigenvalue weighted by Crippen LogP contribution is -2.53. The van der Waals surface area contributed by atoms with Crippen LogP contribution in [-0.4, -0.2) is 78.3 Å². The summed E-state index contributed by atoms with van der Waals surface area (Å²) in [6.45, 7) is 21.7. The predicted octanol–water partition coefficient (Wildman–Crippen LogP) is 6.30. The molecule has 1 aliphatic rings. The van der Waals surface area contributed by atoms with Crippen molar-refractivity contribution >= 4 is 45.2 Å². The zero-order valence-electron chi connectivity index (χ0n) is 28.9. The maximum Gasteiger partial charge on any atom is 0.501 e. The van der Waals surface area contributed by atoms with Crippen LogP contribution >= 0.6 is 0 Å². The fourth-order valence-corrected chi connectivity index (χ4v) is 22.9. The second-order valence-electron chi connectivity index (χ2n) is 11.9. The highest BCUT2D eigenvalue weighted by atomic mass is 28.5. The normalized spacial score (nSPS) is 22.9. The van der Waals surface area contributed by atoms with Gasteiger partial charge in [0.15, 0.2) is 0 Å². The fraction of sp³-hybridized carbons (Fsp3) is 0.613. The number of benzene rings is 2. The molecule has 0 radical (unpaired) electrons. The molecule has 2 aromatic carbocycles. The Morgan fingerprint density at radius 1 is 0.667 bits per heavy atom. The Morgan fingerprint density at radius 2 is 1.09 bits per heavy atom. The van der Waals surface area contributed by atoms with E-state index in [2.05, 4.69) is 76.4 Å². The van der Waals surface area contributed by atoms with Crippen LogP contribution in [0.1, 0.15) is 58.6 Å². The number of hydrogen-bond donors (Lipinski definition) is 0. The number of rotatable bonds is 18. The van der Waals surface area contributed by atoms with Crippen LogP contribution in [0.25, 0.3) is 0 Å². The Labute approximate surface area is 278 Å². The molecule has 45 heavy (non-hydrogen) atoms. The van der Waals surface area contributed by atoms with E-state index in [0.29, 0.717) is 33.0 Å². The highest BCUT2D eigenvalue weighted by Gasteiger charge is 2.40. The first-order valence-electron chi connectivity index (χ1n) is 16.5. The van der Waals surface area contributed by atoms with Gasteiger partial charge >= 0.3 is 17.4 Å². The van der Waals surface area contributed by atoms with Crippen LogP contribution in [0, 0.1) is 0 Å². The molecule has 0 saturated carbocycles. The van der Waals surface area contributed by atoms with Crippen LogP contribution in [0.2, 0.25) is 38.3 Å². The van der Waals surface area contributed by atoms with Gasteiger partial charge in [-0.2, -0.15) is 0 Å². The van der Waals surface area contributed by atoms with Gasteiger partial charge in [0.1, 0.15) is 11.5 Å². The summed E-state index contributed by atoms with van der Waals surface area (Å²) in [6.07, 6.45) is 1.68. The quantitative estimate of drug-likeness (QED) is 0.131. The molecule has 2 atom stereocenters. The molecule has 0 bridgehead atoms. The molecular formula is C31H56O9Si5. The molecule has 1 heterocycles. The third-order valence-electron chi connectivity index (χ3n) is 7.78. The van der Waals surface area contributed by atoms with E-state index < -0.39 is 45.2 Å². The highest BCUT2D eigenvalue weighted by Crippen LogP contribution is 2.33. The Morgan fingerprint density at radius 3 is 1.51 bits per heavy atom. The number of hydrogen-bond acceptors (Lipinski definition) is 9. The summed E-state index contributed by atoms with van der Waals surface area (Å²) in [7, 11) is -10.0. The second-order valence-corrected chi connectivity index (χ2v) is 24.9. The van der Waals surface area contributed by atoms with E-state index in [1.54, 1.807) is 0 Å². The summed E-state index contributed by atoms with van der Waals surface area (Å²) in [4.78, 5) is 0. The minimum absolute atomic E-state index is 0.173. The standard InChI is InChI=1S/C31H56O9Si5/c1-10-34-45(35-11-2,36-12-3)26-14-24-33-30-21-17-28(18-22-30)31(4,5)27-15-19-29(20-16-27)32-23-13-25-44(9)39-42(7)37-41(6)38-43(8)40-44/h15-22,41-43H,10-14,23-26H2,1-9H3. The van der Waals surface area contributed by atoms with Gasteiger partial charge in [0.25, 0.3) is 27.9 Å². The molecule has 0 amide bonds. The lowest BCUT2D eigenvalue weighted by molar-refractivity contribution is 0.0696. The molecule has 2 aromatic rings. The van der Waals surface area contributed by atoms with Crippen LogP contribution in [-0.2, 0) is 35.2 Å². The lowest BCUT2D eigenvalue weighted by atomic mass is 9.78. The van der Waals surface area contributed by atoms with Crippen molar-refractivity contribution in [3.05, 3.63) is 59.7 Å². The Bertz CT molecular complexity index is 1090. The summed E-state index contributed by atoms with van der Waals surface area (Å²) in [5.41, 5.74) is 2.27. The van der Waals surface area contributed by atoms with Gasteiger partial charge in [-0.3, -0.25) is 0 Å². The predicted molar refractivity (Wildman–Crippen MR) is 190 cm³/mol. The van der Waals surface area contributed by atoms with Crippen molar-refractivity contribution in [1.29, 1.82) is 0 Å². The van der Waals surface area contributed by atoms with Gasteiger partial charge in [-0.25, -0.2) is 0 Å². The van der Waals surface area contributed by atoms with Crippen LogP contribution < -0.4 is 9.47 Å². The fourth-order valence-electron chi connectivity index (χ4n) is 5.64. The van der Waals surface area contributed by atoms with Crippen LogP contribution in [0.5, 0.6) is 11.5 Å². The minimum atomic E-state index is -2.64. The summed E-state index contributed by atoms with van der Waals surface area (Å²) in [5, 5.41) is 0. The smallest absolute Gasteiger partial charge is 0.494 e. The topological polar surface area (TPSA) is 83.1 Å². The zero-order valence-corrected chi connectivity index (χ0v) is 34.4. The first-order chi connectivity index (χ1) is 21.4. The van der Waals surface area contributed by atoms with Gasteiger partial charge in [-0.05, 0) is 101 Å². The van der Waals surface area contributed by atoms with Gasteiger partial charge in [0.2, 0.25) is 0 Å². The average Bonchev–Trinajstić information content (AvgIpc) is 2.97. The lowest BCUT2D eigenvalue weighted by Gasteiger charge is -2.37. The van der Waals surface area contributed by atoms with Crippen molar-refractivity contribution in [2.45, 2.75) is 91.2 Å². The van der Waals surface area contributed by atoms with Crippen molar-refractivity contribution in [3.8, 4) is 11.5 Å². The Hall–Kier alpha value is -1.16. The zero-order chi connectivity index (χ0) is 32.9. The first-order valence-corrected chi connectivity index (χ1v) is 27.2. The van der Waals surface area contributed by atoms with Gasteiger partial charge in [0, 0.05) is 31.3 Å². The molecule has 14 heteroatoms. The maximum absolute atomic E-state index is 6.38. The maximum atomic E-state index is 6.38. The van der Waals surface area contributed by atoms with Crippen molar-refractivity contribution in [3.63, 3.8) is 0 Å². The van der Waals surface area contributed by atoms with E-state index in [4.69, 9.17) is 39.2 Å². The number of ether oxygens (including phenoxy) is 2. The Balaban J connectivity index is 1.48. The average molecular weight is 713 g/mol. The summed E-state index contributed by atoms with van der Waals surface area (Å²) in [5.74, 6) is 1.72. The van der Waals surface area contributed by atoms with Gasteiger partial charge < -0.3 is 39.2 Å². The summed E-state index contributed by atoms with van der Waals surface area (Å²) < 4.78 is 54.9. The molecule has 0 N–H and O–H groups in total. The van der Waals surface area contributed by atoms with Gasteiger partial charge in [-0.15, -0.1) is 0 Å². The third-order valence-corrected chi connectivity index (χ3v) is 25.0. The van der Waals surface area contributed by atoms with Gasteiger partial charge in [0.05, 0.1) is 13.2 Å². The van der Waals surface area contributed by atoms with Crippen LogP contribution in [0.3, 0.4) is 0 Å². The van der Waals surface area contributed by atoms with E-state index in [9.17, 15) is 0 Å². The minimum Gasteiger partial charge on any atom is -0.494 e. The van der Waals surface area contributed by atoms with E-state index >= 15 is 0 Å². The van der Waals surface area contributed by atoms with Crippen molar-refractivity contribution in [2.75, 3.05) is 33.0 Å². The van der Waals surface area contributed by atoms with Crippen molar-refractivity contribution in [1.82, 2.24) is 0 Å². The third kappa shape index (κ3) is 12.1. The molecule has 0 spiro atoms. The highest BCUT2D eigenvalue weighted by molar-refractivity contribution is 6.81. The summed E-state index contributed by atoms with van der Waals surface area (Å²) >= 11 is 0. The van der Waals surface area contributed by atoms with E-state index in [0.717, 1.165) is 36.4 Å². The SMILES string of the molecule is CCO[Si](CCCOc1ccc(C(C)(C)c2ccc(OCCC[Si]3(C)O[SiH](C)O[SiH](C)O[SiH](C)O3)cc2)cc1)(OCC)OCC.